The van der Waals surface area contributed by atoms with Crippen molar-refractivity contribution in [3.8, 4) is 0 Å². The van der Waals surface area contributed by atoms with Crippen molar-refractivity contribution in [1.29, 1.82) is 0 Å². The maximum Gasteiger partial charge on any atom is 0.246 e. The van der Waals surface area contributed by atoms with E-state index in [0.29, 0.717) is 0 Å². The quantitative estimate of drug-likeness (QED) is 0.667. The molecule has 0 aliphatic heterocycles. The van der Waals surface area contributed by atoms with Crippen LogP contribution in [-0.2, 0) is 4.79 Å². The molecule has 74 valence electrons. The zero-order valence-electron chi connectivity index (χ0n) is 8.60. The number of carbonyl (C=O) groups is 1. The molecule has 0 spiro atoms. The van der Waals surface area contributed by atoms with Gasteiger partial charge in [0.05, 0.1) is 0 Å². The van der Waals surface area contributed by atoms with Gasteiger partial charge in [0.1, 0.15) is 0 Å². The van der Waals surface area contributed by atoms with Crippen LogP contribution in [0.5, 0.6) is 0 Å². The van der Waals surface area contributed by atoms with Crippen molar-refractivity contribution in [3.63, 3.8) is 0 Å². The first-order valence-corrected chi connectivity index (χ1v) is 4.72. The molecule has 2 heteroatoms. The number of likely N-dealkylation sites (N-methyl/N-ethyl adjacent to an activating group) is 1. The normalized spacial score (nSPS) is 10.4. The van der Waals surface area contributed by atoms with Crippen molar-refractivity contribution >= 4 is 12.0 Å². The van der Waals surface area contributed by atoms with Gasteiger partial charge in [-0.2, -0.15) is 0 Å². The van der Waals surface area contributed by atoms with Gasteiger partial charge in [0.15, 0.2) is 0 Å². The first-order valence-electron chi connectivity index (χ1n) is 4.72. The lowest BCUT2D eigenvalue weighted by Gasteiger charge is -2.10. The van der Waals surface area contributed by atoms with Crippen molar-refractivity contribution in [1.82, 2.24) is 4.90 Å². The predicted octanol–water partition coefficient (Wildman–Crippen LogP) is 2.18. The Bertz CT molecular complexity index is 316. The van der Waals surface area contributed by atoms with Gasteiger partial charge in [-0.25, -0.2) is 0 Å². The van der Waals surface area contributed by atoms with Crippen molar-refractivity contribution in [3.05, 3.63) is 42.0 Å². The molecule has 1 aromatic carbocycles. The molecule has 0 fully saturated rings. The molecule has 1 amide bonds. The Morgan fingerprint density at radius 3 is 2.57 bits per heavy atom. The van der Waals surface area contributed by atoms with Crippen LogP contribution in [0.25, 0.3) is 6.08 Å². The van der Waals surface area contributed by atoms with Gasteiger partial charge in [-0.15, -0.1) is 0 Å². The molecule has 0 atom stereocenters. The molecule has 0 unspecified atom stereocenters. The summed E-state index contributed by atoms with van der Waals surface area (Å²) in [5, 5.41) is 0. The monoisotopic (exact) mass is 189 g/mol. The number of hydrogen-bond donors (Lipinski definition) is 0. The topological polar surface area (TPSA) is 20.3 Å². The Labute approximate surface area is 84.9 Å². The summed E-state index contributed by atoms with van der Waals surface area (Å²) in [6, 6.07) is 9.80. The first kappa shape index (κ1) is 10.5. The Hall–Kier alpha value is -1.57. The minimum absolute atomic E-state index is 0.0383. The molecule has 14 heavy (non-hydrogen) atoms. The van der Waals surface area contributed by atoms with Gasteiger partial charge in [0.25, 0.3) is 0 Å². The molecular weight excluding hydrogens is 174 g/mol. The van der Waals surface area contributed by atoms with Crippen LogP contribution in [0.4, 0.5) is 0 Å². The molecule has 0 radical (unpaired) electrons. The Balaban J connectivity index is 2.61. The van der Waals surface area contributed by atoms with Crippen LogP contribution in [0.3, 0.4) is 0 Å². The third-order valence-corrected chi connectivity index (χ3v) is 2.07. The average Bonchev–Trinajstić information content (AvgIpc) is 2.26. The van der Waals surface area contributed by atoms with Crippen molar-refractivity contribution in [2.45, 2.75) is 6.92 Å². The molecule has 0 saturated carbocycles. The van der Waals surface area contributed by atoms with Crippen molar-refractivity contribution < 1.29 is 4.79 Å². The summed E-state index contributed by atoms with van der Waals surface area (Å²) < 4.78 is 0. The largest absolute Gasteiger partial charge is 0.343 e. The third kappa shape index (κ3) is 3.05. The van der Waals surface area contributed by atoms with Crippen LogP contribution in [0.2, 0.25) is 0 Å². The maximum absolute atomic E-state index is 11.4. The zero-order chi connectivity index (χ0) is 10.4. The maximum atomic E-state index is 11.4. The Morgan fingerprint density at radius 2 is 2.00 bits per heavy atom. The second-order valence-electron chi connectivity index (χ2n) is 3.10. The molecule has 1 rings (SSSR count). The Kier molecular flexibility index (Phi) is 3.92. The smallest absolute Gasteiger partial charge is 0.246 e. The number of carbonyl (C=O) groups excluding carboxylic acids is 1. The summed E-state index contributed by atoms with van der Waals surface area (Å²) in [6.07, 6.45) is 3.42. The second kappa shape index (κ2) is 5.22. The summed E-state index contributed by atoms with van der Waals surface area (Å²) in [6.45, 7) is 2.69. The fraction of sp³-hybridized carbons (Fsp3) is 0.250. The van der Waals surface area contributed by atoms with Crippen LogP contribution in [0.15, 0.2) is 36.4 Å². The number of amides is 1. The number of hydrogen-bond acceptors (Lipinski definition) is 1. The van der Waals surface area contributed by atoms with E-state index in [1.807, 2.05) is 43.3 Å². The van der Waals surface area contributed by atoms with E-state index in [1.165, 1.54) is 0 Å². The van der Waals surface area contributed by atoms with E-state index in [-0.39, 0.29) is 5.91 Å². The fourth-order valence-electron chi connectivity index (χ4n) is 1.01. The van der Waals surface area contributed by atoms with Crippen LogP contribution in [0, 0.1) is 0 Å². The molecule has 0 N–H and O–H groups in total. The van der Waals surface area contributed by atoms with Gasteiger partial charge in [-0.1, -0.05) is 30.3 Å². The Morgan fingerprint density at radius 1 is 1.36 bits per heavy atom. The molecular formula is C12H15NO. The summed E-state index contributed by atoms with van der Waals surface area (Å²) in [5.41, 5.74) is 1.05. The molecule has 0 aliphatic carbocycles. The number of nitrogens with zero attached hydrogens (tertiary/aromatic N) is 1. The predicted molar refractivity (Wildman–Crippen MR) is 58.8 cm³/mol. The van der Waals surface area contributed by atoms with Crippen LogP contribution >= 0.6 is 0 Å². The summed E-state index contributed by atoms with van der Waals surface area (Å²) >= 11 is 0. The minimum Gasteiger partial charge on any atom is -0.343 e. The highest BCUT2D eigenvalue weighted by Gasteiger charge is 1.99. The second-order valence-corrected chi connectivity index (χ2v) is 3.10. The van der Waals surface area contributed by atoms with Crippen LogP contribution in [-0.4, -0.2) is 24.4 Å². The minimum atomic E-state index is 0.0383. The zero-order valence-corrected chi connectivity index (χ0v) is 8.60. The SMILES string of the molecule is CCN(C)C(=O)/C=C/c1ccccc1. The van der Waals surface area contributed by atoms with E-state index < -0.39 is 0 Å². The molecule has 0 aromatic heterocycles. The van der Waals surface area contributed by atoms with E-state index in [9.17, 15) is 4.79 Å². The molecule has 0 aliphatic rings. The standard InChI is InChI=1S/C12H15NO/c1-3-13(2)12(14)10-9-11-7-5-4-6-8-11/h4-10H,3H2,1-2H3/b10-9+. The van der Waals surface area contributed by atoms with Gasteiger partial charge in [0, 0.05) is 19.7 Å². The molecule has 0 bridgehead atoms. The lowest BCUT2D eigenvalue weighted by Crippen LogP contribution is -2.23. The molecule has 0 heterocycles. The van der Waals surface area contributed by atoms with Crippen LogP contribution in [0.1, 0.15) is 12.5 Å². The molecule has 2 nitrogen and oxygen atoms in total. The summed E-state index contributed by atoms with van der Waals surface area (Å²) in [4.78, 5) is 13.1. The third-order valence-electron chi connectivity index (χ3n) is 2.07. The van der Waals surface area contributed by atoms with E-state index in [4.69, 9.17) is 0 Å². The van der Waals surface area contributed by atoms with Gasteiger partial charge < -0.3 is 4.90 Å². The lowest BCUT2D eigenvalue weighted by molar-refractivity contribution is -0.124. The molecule has 1 aromatic rings. The van der Waals surface area contributed by atoms with Gasteiger partial charge in [0.2, 0.25) is 5.91 Å². The molecule has 0 saturated heterocycles. The van der Waals surface area contributed by atoms with Gasteiger partial charge in [-0.3, -0.25) is 4.79 Å². The highest BCUT2D eigenvalue weighted by molar-refractivity contribution is 5.91. The summed E-state index contributed by atoms with van der Waals surface area (Å²) in [5.74, 6) is 0.0383. The van der Waals surface area contributed by atoms with Gasteiger partial charge >= 0.3 is 0 Å². The number of rotatable bonds is 3. The summed E-state index contributed by atoms with van der Waals surface area (Å²) in [7, 11) is 1.79. The first-order chi connectivity index (χ1) is 6.74. The number of benzene rings is 1. The average molecular weight is 189 g/mol. The van der Waals surface area contributed by atoms with E-state index in [2.05, 4.69) is 0 Å². The highest BCUT2D eigenvalue weighted by Crippen LogP contribution is 2.01. The van der Waals surface area contributed by atoms with Crippen molar-refractivity contribution in [2.75, 3.05) is 13.6 Å². The van der Waals surface area contributed by atoms with Gasteiger partial charge in [-0.05, 0) is 18.6 Å². The van der Waals surface area contributed by atoms with Crippen molar-refractivity contribution in [2.24, 2.45) is 0 Å². The lowest BCUT2D eigenvalue weighted by atomic mass is 10.2. The van der Waals surface area contributed by atoms with E-state index >= 15 is 0 Å². The van der Waals surface area contributed by atoms with E-state index in [1.54, 1.807) is 18.0 Å². The fourth-order valence-corrected chi connectivity index (χ4v) is 1.01. The highest BCUT2D eigenvalue weighted by atomic mass is 16.2. The van der Waals surface area contributed by atoms with E-state index in [0.717, 1.165) is 12.1 Å². The van der Waals surface area contributed by atoms with Crippen LogP contribution < -0.4 is 0 Å².